The number of carboxylic acids is 1. The molecule has 1 heterocycles. The van der Waals surface area contributed by atoms with Gasteiger partial charge >= 0.3 is 5.97 Å². The Balaban J connectivity index is 2.17. The van der Waals surface area contributed by atoms with Gasteiger partial charge in [-0.3, -0.25) is 0 Å². The van der Waals surface area contributed by atoms with Gasteiger partial charge in [-0.2, -0.15) is 0 Å². The lowest BCUT2D eigenvalue weighted by Gasteiger charge is -2.13. The fraction of sp³-hybridized carbons (Fsp3) is 0.167. The van der Waals surface area contributed by atoms with Gasteiger partial charge < -0.3 is 15.3 Å². The van der Waals surface area contributed by atoms with Gasteiger partial charge in [-0.25, -0.2) is 9.78 Å². The third kappa shape index (κ3) is 2.78. The second kappa shape index (κ2) is 5.05. The summed E-state index contributed by atoms with van der Waals surface area (Å²) in [4.78, 5) is 16.7. The van der Waals surface area contributed by atoms with Crippen LogP contribution < -0.4 is 10.2 Å². The monoisotopic (exact) mass is 263 g/mol. The van der Waals surface area contributed by atoms with Crippen molar-refractivity contribution in [1.29, 1.82) is 0 Å². The highest BCUT2D eigenvalue weighted by atomic mass is 32.1. The van der Waals surface area contributed by atoms with E-state index in [0.29, 0.717) is 5.13 Å². The van der Waals surface area contributed by atoms with Crippen molar-refractivity contribution in [3.05, 3.63) is 35.3 Å². The molecular formula is C12H13N3O2S. The van der Waals surface area contributed by atoms with E-state index in [4.69, 9.17) is 5.11 Å². The minimum absolute atomic E-state index is 0.0614. The summed E-state index contributed by atoms with van der Waals surface area (Å²) in [6.07, 6.45) is 0. The Morgan fingerprint density at radius 2 is 2.22 bits per heavy atom. The number of nitrogens with one attached hydrogen (secondary N) is 1. The number of benzene rings is 1. The molecule has 18 heavy (non-hydrogen) atoms. The van der Waals surface area contributed by atoms with Crippen LogP contribution in [0.2, 0.25) is 0 Å². The zero-order chi connectivity index (χ0) is 13.1. The topological polar surface area (TPSA) is 65.5 Å². The van der Waals surface area contributed by atoms with E-state index in [2.05, 4.69) is 10.3 Å². The summed E-state index contributed by atoms with van der Waals surface area (Å²) in [6, 6.07) is 7.82. The maximum absolute atomic E-state index is 10.7. The van der Waals surface area contributed by atoms with Crippen LogP contribution in [0, 0.1) is 0 Å². The van der Waals surface area contributed by atoms with E-state index >= 15 is 0 Å². The maximum atomic E-state index is 10.7. The molecular weight excluding hydrogens is 250 g/mol. The minimum atomic E-state index is -1.01. The van der Waals surface area contributed by atoms with Crippen molar-refractivity contribution in [1.82, 2.24) is 4.98 Å². The lowest BCUT2D eigenvalue weighted by atomic mass is 10.2. The molecule has 0 amide bonds. The number of nitrogens with zero attached hydrogens (tertiary/aromatic N) is 2. The van der Waals surface area contributed by atoms with Gasteiger partial charge in [-0.15, -0.1) is 11.3 Å². The number of hydrogen-bond acceptors (Lipinski definition) is 5. The predicted molar refractivity (Wildman–Crippen MR) is 73.1 cm³/mol. The Hall–Kier alpha value is -2.08. The summed E-state index contributed by atoms with van der Waals surface area (Å²) < 4.78 is 0. The van der Waals surface area contributed by atoms with Crippen LogP contribution in [-0.2, 0) is 0 Å². The molecule has 0 bridgehead atoms. The van der Waals surface area contributed by atoms with Gasteiger partial charge in [0.15, 0.2) is 10.8 Å². The molecule has 0 saturated heterocycles. The number of rotatable bonds is 4. The predicted octanol–water partition coefficient (Wildman–Crippen LogP) is 2.65. The molecule has 5 nitrogen and oxygen atoms in total. The molecule has 0 unspecified atom stereocenters. The Bertz CT molecular complexity index is 566. The summed E-state index contributed by atoms with van der Waals surface area (Å²) in [6.45, 7) is 0. The van der Waals surface area contributed by atoms with Crippen LogP contribution in [0.3, 0.4) is 0 Å². The molecule has 2 N–H and O–H groups in total. The largest absolute Gasteiger partial charge is 0.476 e. The van der Waals surface area contributed by atoms with E-state index in [1.807, 2.05) is 43.3 Å². The van der Waals surface area contributed by atoms with E-state index in [0.717, 1.165) is 11.4 Å². The normalized spacial score (nSPS) is 10.1. The molecule has 0 saturated carbocycles. The number of carboxylic acid groups (broad SMARTS) is 1. The fourth-order valence-corrected chi connectivity index (χ4v) is 2.12. The van der Waals surface area contributed by atoms with Crippen molar-refractivity contribution in [2.24, 2.45) is 0 Å². The molecule has 94 valence electrons. The summed E-state index contributed by atoms with van der Waals surface area (Å²) in [5.41, 5.74) is 2.01. The number of aromatic carboxylic acids is 1. The van der Waals surface area contributed by atoms with Crippen molar-refractivity contribution in [2.45, 2.75) is 0 Å². The highest BCUT2D eigenvalue weighted by molar-refractivity contribution is 7.14. The van der Waals surface area contributed by atoms with Crippen LogP contribution >= 0.6 is 11.3 Å². The van der Waals surface area contributed by atoms with Crippen LogP contribution in [0.5, 0.6) is 0 Å². The summed E-state index contributed by atoms with van der Waals surface area (Å²) >= 11 is 1.27. The molecule has 2 rings (SSSR count). The van der Waals surface area contributed by atoms with Crippen LogP contribution in [0.1, 0.15) is 10.5 Å². The van der Waals surface area contributed by atoms with E-state index in [1.165, 1.54) is 16.7 Å². The summed E-state index contributed by atoms with van der Waals surface area (Å²) in [7, 11) is 3.93. The first-order valence-corrected chi connectivity index (χ1v) is 6.17. The van der Waals surface area contributed by atoms with Crippen LogP contribution in [0.25, 0.3) is 0 Å². The number of thiazole rings is 1. The zero-order valence-electron chi connectivity index (χ0n) is 10.0. The first kappa shape index (κ1) is 12.4. The SMILES string of the molecule is CN(C)c1cccc(Nc2nc(C(=O)O)cs2)c1. The first-order valence-electron chi connectivity index (χ1n) is 5.29. The van der Waals surface area contributed by atoms with E-state index in [1.54, 1.807) is 0 Å². The molecule has 1 aromatic carbocycles. The van der Waals surface area contributed by atoms with Crippen molar-refractivity contribution in [2.75, 3.05) is 24.3 Å². The summed E-state index contributed by atoms with van der Waals surface area (Å²) in [5, 5.41) is 14.0. The van der Waals surface area contributed by atoms with Crippen molar-refractivity contribution in [3.63, 3.8) is 0 Å². The third-order valence-electron chi connectivity index (χ3n) is 2.34. The quantitative estimate of drug-likeness (QED) is 0.887. The smallest absolute Gasteiger partial charge is 0.355 e. The standard InChI is InChI=1S/C12H13N3O2S/c1-15(2)9-5-3-4-8(6-9)13-12-14-10(7-18-12)11(16)17/h3-7H,1-2H3,(H,13,14)(H,16,17). The Morgan fingerprint density at radius 3 is 2.83 bits per heavy atom. The molecule has 6 heteroatoms. The Morgan fingerprint density at radius 1 is 1.44 bits per heavy atom. The van der Waals surface area contributed by atoms with Gasteiger partial charge in [0.05, 0.1) is 0 Å². The van der Waals surface area contributed by atoms with Gasteiger partial charge in [0.1, 0.15) is 0 Å². The average molecular weight is 263 g/mol. The van der Waals surface area contributed by atoms with Crippen LogP contribution in [-0.4, -0.2) is 30.2 Å². The van der Waals surface area contributed by atoms with E-state index in [-0.39, 0.29) is 5.69 Å². The third-order valence-corrected chi connectivity index (χ3v) is 3.09. The lowest BCUT2D eigenvalue weighted by Crippen LogP contribution is -2.08. The van der Waals surface area contributed by atoms with E-state index in [9.17, 15) is 4.79 Å². The number of hydrogen-bond donors (Lipinski definition) is 2. The van der Waals surface area contributed by atoms with Crippen LogP contribution in [0.15, 0.2) is 29.6 Å². The van der Waals surface area contributed by atoms with Crippen molar-refractivity contribution < 1.29 is 9.90 Å². The zero-order valence-corrected chi connectivity index (χ0v) is 10.9. The highest BCUT2D eigenvalue weighted by Crippen LogP contribution is 2.23. The second-order valence-electron chi connectivity index (χ2n) is 3.91. The summed E-state index contributed by atoms with van der Waals surface area (Å²) in [5.74, 6) is -1.01. The van der Waals surface area contributed by atoms with E-state index < -0.39 is 5.97 Å². The molecule has 2 aromatic rings. The molecule has 0 fully saturated rings. The fourth-order valence-electron chi connectivity index (χ4n) is 1.41. The molecule has 0 aliphatic heterocycles. The first-order chi connectivity index (χ1) is 8.56. The molecule has 0 radical (unpaired) electrons. The van der Waals surface area contributed by atoms with Gasteiger partial charge in [-0.1, -0.05) is 6.07 Å². The van der Waals surface area contributed by atoms with Gasteiger partial charge in [0, 0.05) is 30.9 Å². The minimum Gasteiger partial charge on any atom is -0.476 e. The lowest BCUT2D eigenvalue weighted by molar-refractivity contribution is 0.0691. The average Bonchev–Trinajstić information content (AvgIpc) is 2.78. The Kier molecular flexibility index (Phi) is 3.47. The highest BCUT2D eigenvalue weighted by Gasteiger charge is 2.08. The van der Waals surface area contributed by atoms with Gasteiger partial charge in [0.2, 0.25) is 0 Å². The number of carbonyl (C=O) groups is 1. The van der Waals surface area contributed by atoms with Crippen LogP contribution in [0.4, 0.5) is 16.5 Å². The molecule has 0 aliphatic carbocycles. The molecule has 0 aliphatic rings. The van der Waals surface area contributed by atoms with Gasteiger partial charge in [-0.05, 0) is 18.2 Å². The Labute approximate surface area is 109 Å². The number of aromatic nitrogens is 1. The molecule has 0 atom stereocenters. The molecule has 1 aromatic heterocycles. The van der Waals surface area contributed by atoms with Crippen molar-refractivity contribution in [3.8, 4) is 0 Å². The van der Waals surface area contributed by atoms with Gasteiger partial charge in [0.25, 0.3) is 0 Å². The number of anilines is 3. The van der Waals surface area contributed by atoms with Crippen molar-refractivity contribution >= 4 is 33.8 Å². The maximum Gasteiger partial charge on any atom is 0.355 e. The second-order valence-corrected chi connectivity index (χ2v) is 4.77. The molecule has 0 spiro atoms.